The van der Waals surface area contributed by atoms with Crippen molar-refractivity contribution in [3.63, 3.8) is 0 Å². The summed E-state index contributed by atoms with van der Waals surface area (Å²) in [4.78, 5) is 13.6. The van der Waals surface area contributed by atoms with Crippen LogP contribution in [-0.4, -0.2) is 75.5 Å². The maximum atomic E-state index is 10.4. The molecule has 1 saturated heterocycles. The van der Waals surface area contributed by atoms with Crippen LogP contribution in [0, 0.1) is 6.92 Å². The molecule has 168 valence electrons. The first-order chi connectivity index (χ1) is 14.8. The molecule has 0 aliphatic carbocycles. The molecule has 1 N–H and O–H groups in total. The standard InChI is InChI=1S/C22H31N5O3S/c1-15-23-18-11-17(5-6-19(18)31-15)29-14-16(28)12-26-7-9-27(10-8-26)13-20-24-21(30-25-20)22(2,3)4/h5-6,11,16,28H,7-10,12-14H2,1-4H3/t16-/m1/s1. The first-order valence-corrected chi connectivity index (χ1v) is 11.5. The van der Waals surface area contributed by atoms with Crippen LogP contribution in [0.25, 0.3) is 10.2 Å². The van der Waals surface area contributed by atoms with E-state index >= 15 is 0 Å². The first-order valence-electron chi connectivity index (χ1n) is 10.7. The van der Waals surface area contributed by atoms with Gasteiger partial charge in [-0.25, -0.2) is 4.98 Å². The van der Waals surface area contributed by atoms with E-state index in [2.05, 4.69) is 45.7 Å². The molecule has 1 atom stereocenters. The lowest BCUT2D eigenvalue weighted by Gasteiger charge is -2.34. The third-order valence-corrected chi connectivity index (χ3v) is 6.27. The second-order valence-electron chi connectivity index (χ2n) is 9.17. The van der Waals surface area contributed by atoms with E-state index in [0.717, 1.165) is 53.0 Å². The smallest absolute Gasteiger partial charge is 0.232 e. The number of benzene rings is 1. The van der Waals surface area contributed by atoms with E-state index in [1.54, 1.807) is 11.3 Å². The molecular formula is C22H31N5O3S. The van der Waals surface area contributed by atoms with Crippen molar-refractivity contribution in [1.82, 2.24) is 24.9 Å². The van der Waals surface area contributed by atoms with Crippen molar-refractivity contribution >= 4 is 21.6 Å². The third-order valence-electron chi connectivity index (χ3n) is 5.32. The van der Waals surface area contributed by atoms with E-state index in [-0.39, 0.29) is 12.0 Å². The number of ether oxygens (including phenoxy) is 1. The Hall–Kier alpha value is -2.07. The highest BCUT2D eigenvalue weighted by Crippen LogP contribution is 2.25. The summed E-state index contributed by atoms with van der Waals surface area (Å²) in [6, 6.07) is 5.90. The number of β-amino-alcohol motifs (C(OH)–C–C–N with tert-alkyl or cyclic N) is 1. The topological polar surface area (TPSA) is 87.8 Å². The molecule has 1 aliphatic rings. The number of rotatable bonds is 7. The van der Waals surface area contributed by atoms with Crippen LogP contribution in [0.4, 0.5) is 0 Å². The number of aliphatic hydroxyl groups is 1. The number of piperazine rings is 1. The zero-order valence-electron chi connectivity index (χ0n) is 18.7. The van der Waals surface area contributed by atoms with E-state index in [1.165, 1.54) is 0 Å². The minimum Gasteiger partial charge on any atom is -0.491 e. The molecule has 1 aromatic carbocycles. The summed E-state index contributed by atoms with van der Waals surface area (Å²) in [5, 5.41) is 15.6. The maximum Gasteiger partial charge on any atom is 0.232 e. The van der Waals surface area contributed by atoms with E-state index in [1.807, 2.05) is 25.1 Å². The van der Waals surface area contributed by atoms with Crippen molar-refractivity contribution in [2.75, 3.05) is 39.3 Å². The van der Waals surface area contributed by atoms with Crippen LogP contribution < -0.4 is 4.74 Å². The Morgan fingerprint density at radius 2 is 1.90 bits per heavy atom. The van der Waals surface area contributed by atoms with Gasteiger partial charge in [-0.3, -0.25) is 9.80 Å². The van der Waals surface area contributed by atoms with Crippen molar-refractivity contribution in [2.45, 2.75) is 45.8 Å². The van der Waals surface area contributed by atoms with E-state index in [0.29, 0.717) is 19.0 Å². The SMILES string of the molecule is Cc1nc2cc(OC[C@H](O)CN3CCN(Cc4noc(C(C)(C)C)n4)CC3)ccc2s1. The summed E-state index contributed by atoms with van der Waals surface area (Å²) < 4.78 is 12.3. The van der Waals surface area contributed by atoms with Gasteiger partial charge in [0.05, 0.1) is 21.8 Å². The molecule has 0 saturated carbocycles. The fourth-order valence-corrected chi connectivity index (χ4v) is 4.42. The maximum absolute atomic E-state index is 10.4. The van der Waals surface area contributed by atoms with Gasteiger partial charge in [0.25, 0.3) is 0 Å². The minimum atomic E-state index is -0.536. The zero-order valence-corrected chi connectivity index (χ0v) is 19.5. The number of hydrogen-bond donors (Lipinski definition) is 1. The van der Waals surface area contributed by atoms with Crippen molar-refractivity contribution in [3.05, 3.63) is 34.9 Å². The molecule has 2 aromatic heterocycles. The van der Waals surface area contributed by atoms with Gasteiger partial charge < -0.3 is 14.4 Å². The van der Waals surface area contributed by atoms with Crippen LogP contribution in [0.5, 0.6) is 5.75 Å². The molecule has 3 aromatic rings. The molecule has 1 aliphatic heterocycles. The average molecular weight is 446 g/mol. The number of aliphatic hydroxyl groups excluding tert-OH is 1. The Balaban J connectivity index is 1.19. The molecule has 3 heterocycles. The monoisotopic (exact) mass is 445 g/mol. The van der Waals surface area contributed by atoms with Gasteiger partial charge in [-0.05, 0) is 19.1 Å². The molecule has 0 unspecified atom stereocenters. The number of aromatic nitrogens is 3. The van der Waals surface area contributed by atoms with Crippen LogP contribution in [0.2, 0.25) is 0 Å². The molecule has 4 rings (SSSR count). The lowest BCUT2D eigenvalue weighted by Crippen LogP contribution is -2.48. The summed E-state index contributed by atoms with van der Waals surface area (Å²) in [5.41, 5.74) is 0.814. The summed E-state index contributed by atoms with van der Waals surface area (Å²) >= 11 is 1.67. The van der Waals surface area contributed by atoms with Gasteiger partial charge in [0, 0.05) is 44.2 Å². The Kier molecular flexibility index (Phi) is 6.57. The van der Waals surface area contributed by atoms with Crippen molar-refractivity contribution in [2.24, 2.45) is 0 Å². The molecule has 0 amide bonds. The summed E-state index contributed by atoms with van der Waals surface area (Å²) in [6.07, 6.45) is -0.536. The van der Waals surface area contributed by atoms with E-state index in [4.69, 9.17) is 9.26 Å². The lowest BCUT2D eigenvalue weighted by atomic mass is 9.97. The molecular weight excluding hydrogens is 414 g/mol. The number of hydrogen-bond acceptors (Lipinski definition) is 9. The quantitative estimate of drug-likeness (QED) is 0.594. The van der Waals surface area contributed by atoms with Gasteiger partial charge in [-0.15, -0.1) is 11.3 Å². The third kappa shape index (κ3) is 5.79. The minimum absolute atomic E-state index is 0.132. The molecule has 1 fully saturated rings. The lowest BCUT2D eigenvalue weighted by molar-refractivity contribution is 0.0440. The number of aryl methyl sites for hydroxylation is 1. The Labute approximate surface area is 186 Å². The highest BCUT2D eigenvalue weighted by molar-refractivity contribution is 7.18. The molecule has 8 nitrogen and oxygen atoms in total. The van der Waals surface area contributed by atoms with Gasteiger partial charge in [0.1, 0.15) is 18.5 Å². The van der Waals surface area contributed by atoms with Gasteiger partial charge in [-0.2, -0.15) is 4.98 Å². The predicted molar refractivity (Wildman–Crippen MR) is 121 cm³/mol. The summed E-state index contributed by atoms with van der Waals surface area (Å²) in [6.45, 7) is 13.4. The fraction of sp³-hybridized carbons (Fsp3) is 0.591. The summed E-state index contributed by atoms with van der Waals surface area (Å²) in [7, 11) is 0. The molecule has 31 heavy (non-hydrogen) atoms. The second kappa shape index (κ2) is 9.20. The second-order valence-corrected chi connectivity index (χ2v) is 10.4. The Bertz CT molecular complexity index is 1000. The highest BCUT2D eigenvalue weighted by atomic mass is 32.1. The van der Waals surface area contributed by atoms with E-state index < -0.39 is 6.10 Å². The van der Waals surface area contributed by atoms with Crippen LogP contribution in [0.3, 0.4) is 0 Å². The van der Waals surface area contributed by atoms with Crippen LogP contribution in [-0.2, 0) is 12.0 Å². The summed E-state index contributed by atoms with van der Waals surface area (Å²) in [5.74, 6) is 2.16. The van der Waals surface area contributed by atoms with Crippen LogP contribution in [0.1, 0.15) is 37.5 Å². The van der Waals surface area contributed by atoms with Crippen molar-refractivity contribution < 1.29 is 14.4 Å². The van der Waals surface area contributed by atoms with Gasteiger partial charge in [0.15, 0.2) is 5.82 Å². The zero-order chi connectivity index (χ0) is 22.0. The number of fused-ring (bicyclic) bond motifs is 1. The highest BCUT2D eigenvalue weighted by Gasteiger charge is 2.24. The largest absolute Gasteiger partial charge is 0.491 e. The van der Waals surface area contributed by atoms with Crippen LogP contribution in [0.15, 0.2) is 22.7 Å². The number of thiazole rings is 1. The molecule has 0 radical (unpaired) electrons. The fourth-order valence-electron chi connectivity index (χ4n) is 3.61. The van der Waals surface area contributed by atoms with Gasteiger partial charge in [-0.1, -0.05) is 25.9 Å². The molecule has 0 spiro atoms. The molecule has 9 heteroatoms. The van der Waals surface area contributed by atoms with E-state index in [9.17, 15) is 5.11 Å². The van der Waals surface area contributed by atoms with Crippen molar-refractivity contribution in [1.29, 1.82) is 0 Å². The molecule has 0 bridgehead atoms. The van der Waals surface area contributed by atoms with Crippen molar-refractivity contribution in [3.8, 4) is 5.75 Å². The average Bonchev–Trinajstić information content (AvgIpc) is 3.33. The first kappa shape index (κ1) is 22.1. The number of nitrogens with zero attached hydrogens (tertiary/aromatic N) is 5. The Morgan fingerprint density at radius 3 is 2.61 bits per heavy atom. The normalized spacial score (nSPS) is 17.3. The van der Waals surface area contributed by atoms with Gasteiger partial charge in [0.2, 0.25) is 5.89 Å². The van der Waals surface area contributed by atoms with Gasteiger partial charge >= 0.3 is 0 Å². The predicted octanol–water partition coefficient (Wildman–Crippen LogP) is 2.84. The van der Waals surface area contributed by atoms with Crippen LogP contribution >= 0.6 is 11.3 Å². The Morgan fingerprint density at radius 1 is 1.16 bits per heavy atom.